The molecule has 104 valence electrons. The van der Waals surface area contributed by atoms with Gasteiger partial charge in [0, 0.05) is 6.07 Å². The van der Waals surface area contributed by atoms with E-state index in [9.17, 15) is 9.50 Å². The summed E-state index contributed by atoms with van der Waals surface area (Å²) in [5, 5.41) is 9.84. The summed E-state index contributed by atoms with van der Waals surface area (Å²) in [6.45, 7) is 1.12. The lowest BCUT2D eigenvalue weighted by Crippen LogP contribution is -2.04. The summed E-state index contributed by atoms with van der Waals surface area (Å²) >= 11 is 0. The highest BCUT2D eigenvalue weighted by Crippen LogP contribution is 2.33. The Kier molecular flexibility index (Phi) is 3.43. The molecule has 0 saturated carbocycles. The van der Waals surface area contributed by atoms with Crippen LogP contribution < -0.4 is 9.47 Å². The molecule has 1 N–H and O–H groups in total. The minimum atomic E-state index is -0.328. The summed E-state index contributed by atoms with van der Waals surface area (Å²) in [7, 11) is 0. The van der Waals surface area contributed by atoms with Gasteiger partial charge in [0.05, 0.1) is 6.61 Å². The van der Waals surface area contributed by atoms with Crippen molar-refractivity contribution in [3.63, 3.8) is 0 Å². The van der Waals surface area contributed by atoms with Gasteiger partial charge in [-0.15, -0.1) is 0 Å². The maximum atomic E-state index is 12.8. The lowest BCUT2D eigenvalue weighted by atomic mass is 10.3. The van der Waals surface area contributed by atoms with Crippen molar-refractivity contribution < 1.29 is 23.7 Å². The second-order valence-electron chi connectivity index (χ2n) is 4.45. The molecule has 0 spiro atoms. The van der Waals surface area contributed by atoms with Crippen LogP contribution in [-0.2, 0) is 4.74 Å². The number of phenolic OH excluding ortho intramolecular Hbond substituents is 1. The van der Waals surface area contributed by atoms with Gasteiger partial charge < -0.3 is 19.3 Å². The largest absolute Gasteiger partial charge is 0.504 e. The summed E-state index contributed by atoms with van der Waals surface area (Å²) in [6.07, 6.45) is 0.129. The quantitative estimate of drug-likeness (QED) is 0.852. The Morgan fingerprint density at radius 3 is 2.50 bits per heavy atom. The topological polar surface area (TPSA) is 51.2 Å². The Morgan fingerprint density at radius 2 is 1.85 bits per heavy atom. The highest BCUT2D eigenvalue weighted by atomic mass is 19.1. The number of phenols is 1. The van der Waals surface area contributed by atoms with E-state index < -0.39 is 0 Å². The maximum Gasteiger partial charge on any atom is 0.161 e. The third-order valence-electron chi connectivity index (χ3n) is 2.81. The average molecular weight is 276 g/mol. The van der Waals surface area contributed by atoms with Gasteiger partial charge in [0.15, 0.2) is 11.5 Å². The monoisotopic (exact) mass is 276 g/mol. The lowest BCUT2D eigenvalue weighted by molar-refractivity contribution is 0.253. The first-order valence-corrected chi connectivity index (χ1v) is 6.21. The second-order valence-corrected chi connectivity index (χ2v) is 4.45. The Labute approximate surface area is 115 Å². The standard InChI is InChI=1S/C15H13FO4/c16-10-1-3-11(4-2-10)20-12-5-6-15(14(17)7-12)19-9-13-8-18-13/h1-7,13,17H,8-9H2/t13-/m1/s1. The van der Waals surface area contributed by atoms with Crippen molar-refractivity contribution in [2.75, 3.05) is 13.2 Å². The zero-order chi connectivity index (χ0) is 13.9. The Morgan fingerprint density at radius 1 is 1.15 bits per heavy atom. The van der Waals surface area contributed by atoms with Crippen molar-refractivity contribution in [2.45, 2.75) is 6.10 Å². The predicted molar refractivity (Wildman–Crippen MR) is 69.8 cm³/mol. The number of halogens is 1. The molecule has 3 rings (SSSR count). The van der Waals surface area contributed by atoms with Crippen LogP contribution in [0.1, 0.15) is 0 Å². The Hall–Kier alpha value is -2.27. The van der Waals surface area contributed by atoms with Crippen LogP contribution in [0.5, 0.6) is 23.0 Å². The molecule has 0 aromatic heterocycles. The molecule has 1 saturated heterocycles. The van der Waals surface area contributed by atoms with Crippen LogP contribution in [0.2, 0.25) is 0 Å². The van der Waals surface area contributed by atoms with Crippen LogP contribution in [0.25, 0.3) is 0 Å². The van der Waals surface area contributed by atoms with Crippen molar-refractivity contribution in [3.05, 3.63) is 48.3 Å². The van der Waals surface area contributed by atoms with Gasteiger partial charge >= 0.3 is 0 Å². The van der Waals surface area contributed by atoms with Crippen molar-refractivity contribution in [1.29, 1.82) is 0 Å². The molecule has 5 heteroatoms. The number of benzene rings is 2. The van der Waals surface area contributed by atoms with Crippen molar-refractivity contribution in [1.82, 2.24) is 0 Å². The molecular formula is C15H13FO4. The molecule has 1 atom stereocenters. The fourth-order valence-electron chi connectivity index (χ4n) is 1.67. The Bertz CT molecular complexity index is 593. The van der Waals surface area contributed by atoms with Crippen molar-refractivity contribution >= 4 is 0 Å². The molecular weight excluding hydrogens is 263 g/mol. The minimum absolute atomic E-state index is 0.00902. The zero-order valence-electron chi connectivity index (χ0n) is 10.6. The number of hydrogen-bond acceptors (Lipinski definition) is 4. The van der Waals surface area contributed by atoms with E-state index in [1.54, 1.807) is 12.1 Å². The fraction of sp³-hybridized carbons (Fsp3) is 0.200. The van der Waals surface area contributed by atoms with Crippen LogP contribution >= 0.6 is 0 Å². The van der Waals surface area contributed by atoms with Crippen LogP contribution in [0, 0.1) is 5.82 Å². The van der Waals surface area contributed by atoms with Crippen LogP contribution in [0.4, 0.5) is 4.39 Å². The molecule has 4 nitrogen and oxygen atoms in total. The van der Waals surface area contributed by atoms with Crippen LogP contribution in [0.3, 0.4) is 0 Å². The number of ether oxygens (including phenoxy) is 3. The first kappa shape index (κ1) is 12.7. The summed E-state index contributed by atoms with van der Waals surface area (Å²) < 4.78 is 28.7. The lowest BCUT2D eigenvalue weighted by Gasteiger charge is -2.09. The van der Waals surface area contributed by atoms with E-state index in [-0.39, 0.29) is 17.7 Å². The van der Waals surface area contributed by atoms with Gasteiger partial charge in [-0.25, -0.2) is 4.39 Å². The highest BCUT2D eigenvalue weighted by Gasteiger charge is 2.23. The maximum absolute atomic E-state index is 12.8. The van der Waals surface area contributed by atoms with Gasteiger partial charge in [-0.1, -0.05) is 0 Å². The number of aromatic hydroxyl groups is 1. The molecule has 1 fully saturated rings. The number of hydrogen-bond donors (Lipinski definition) is 1. The molecule has 0 amide bonds. The molecule has 20 heavy (non-hydrogen) atoms. The Balaban J connectivity index is 1.67. The molecule has 1 heterocycles. The second kappa shape index (κ2) is 5.38. The van der Waals surface area contributed by atoms with Gasteiger partial charge in [0.1, 0.15) is 30.0 Å². The van der Waals surface area contributed by atoms with Crippen LogP contribution in [-0.4, -0.2) is 24.4 Å². The molecule has 1 aliphatic rings. The zero-order valence-corrected chi connectivity index (χ0v) is 10.6. The van der Waals surface area contributed by atoms with Gasteiger partial charge in [0.25, 0.3) is 0 Å². The van der Waals surface area contributed by atoms with Crippen molar-refractivity contribution in [3.8, 4) is 23.0 Å². The van der Waals surface area contributed by atoms with Gasteiger partial charge in [0.2, 0.25) is 0 Å². The van der Waals surface area contributed by atoms with Crippen molar-refractivity contribution in [2.24, 2.45) is 0 Å². The van der Waals surface area contributed by atoms with E-state index in [4.69, 9.17) is 14.2 Å². The molecule has 0 bridgehead atoms. The minimum Gasteiger partial charge on any atom is -0.504 e. The van der Waals surface area contributed by atoms with Crippen LogP contribution in [0.15, 0.2) is 42.5 Å². The first-order chi connectivity index (χ1) is 9.70. The van der Waals surface area contributed by atoms with E-state index in [2.05, 4.69) is 0 Å². The van der Waals surface area contributed by atoms with Gasteiger partial charge in [-0.05, 0) is 36.4 Å². The number of epoxide rings is 1. The molecule has 0 aliphatic carbocycles. The fourth-order valence-corrected chi connectivity index (χ4v) is 1.67. The summed E-state index contributed by atoms with van der Waals surface area (Å²) in [4.78, 5) is 0. The van der Waals surface area contributed by atoms with E-state index in [1.807, 2.05) is 0 Å². The molecule has 2 aromatic rings. The molecule has 0 radical (unpaired) electrons. The van der Waals surface area contributed by atoms with E-state index >= 15 is 0 Å². The van der Waals surface area contributed by atoms with Gasteiger partial charge in [-0.3, -0.25) is 0 Å². The molecule has 0 unspecified atom stereocenters. The summed E-state index contributed by atoms with van der Waals surface area (Å²) in [5.74, 6) is 0.985. The first-order valence-electron chi connectivity index (χ1n) is 6.21. The third-order valence-corrected chi connectivity index (χ3v) is 2.81. The third kappa shape index (κ3) is 3.19. The van der Waals surface area contributed by atoms with Gasteiger partial charge in [-0.2, -0.15) is 0 Å². The average Bonchev–Trinajstić information content (AvgIpc) is 3.25. The summed E-state index contributed by atoms with van der Waals surface area (Å²) in [6, 6.07) is 10.4. The molecule has 2 aromatic carbocycles. The van der Waals surface area contributed by atoms with E-state index in [0.29, 0.717) is 30.5 Å². The molecule has 1 aliphatic heterocycles. The van der Waals surface area contributed by atoms with E-state index in [1.165, 1.54) is 30.3 Å². The highest BCUT2D eigenvalue weighted by molar-refractivity contribution is 5.45. The predicted octanol–water partition coefficient (Wildman–Crippen LogP) is 3.10. The summed E-state index contributed by atoms with van der Waals surface area (Å²) in [5.41, 5.74) is 0. The number of rotatable bonds is 5. The normalized spacial score (nSPS) is 16.8. The SMILES string of the molecule is Oc1cc(Oc2ccc(F)cc2)ccc1OC[C@H]1CO1. The smallest absolute Gasteiger partial charge is 0.161 e. The van der Waals surface area contributed by atoms with E-state index in [0.717, 1.165) is 0 Å².